The number of hydrogen-bond donors (Lipinski definition) is 1. The molecule has 0 aliphatic heterocycles. The van der Waals surface area contributed by atoms with Crippen molar-refractivity contribution in [3.63, 3.8) is 0 Å². The Morgan fingerprint density at radius 3 is 2.55 bits per heavy atom. The third kappa shape index (κ3) is 3.84. The van der Waals surface area contributed by atoms with Crippen LogP contribution >= 0.6 is 0 Å². The molecule has 0 saturated carbocycles. The first-order chi connectivity index (χ1) is 9.69. The topological polar surface area (TPSA) is 35.2 Å². The Hall–Kier alpha value is -2.31. The highest BCUT2D eigenvalue weighted by Crippen LogP contribution is 2.16. The summed E-state index contributed by atoms with van der Waals surface area (Å²) in [4.78, 5) is 0. The first-order valence-electron chi connectivity index (χ1n) is 6.36. The van der Waals surface area contributed by atoms with Crippen molar-refractivity contribution < 1.29 is 9.13 Å². The van der Waals surface area contributed by atoms with E-state index >= 15 is 0 Å². The van der Waals surface area contributed by atoms with E-state index in [4.69, 9.17) is 10.5 Å². The summed E-state index contributed by atoms with van der Waals surface area (Å²) in [5.41, 5.74) is 8.08. The minimum absolute atomic E-state index is 0.228. The third-order valence-corrected chi connectivity index (χ3v) is 2.89. The van der Waals surface area contributed by atoms with Gasteiger partial charge in [0, 0.05) is 5.56 Å². The molecule has 3 heteroatoms. The first-order valence-corrected chi connectivity index (χ1v) is 6.36. The molecule has 0 unspecified atom stereocenters. The van der Waals surface area contributed by atoms with Crippen LogP contribution in [0.15, 0.2) is 42.5 Å². The van der Waals surface area contributed by atoms with Gasteiger partial charge in [-0.3, -0.25) is 0 Å². The van der Waals surface area contributed by atoms with Gasteiger partial charge >= 0.3 is 0 Å². The Morgan fingerprint density at radius 2 is 1.90 bits per heavy atom. The van der Waals surface area contributed by atoms with Gasteiger partial charge in [-0.2, -0.15) is 0 Å². The monoisotopic (exact) mass is 269 g/mol. The van der Waals surface area contributed by atoms with Crippen LogP contribution in [0.25, 0.3) is 0 Å². The lowest BCUT2D eigenvalue weighted by atomic mass is 10.1. The van der Waals surface area contributed by atoms with Crippen LogP contribution in [0.2, 0.25) is 0 Å². The van der Waals surface area contributed by atoms with E-state index < -0.39 is 0 Å². The molecule has 0 aliphatic rings. The molecule has 2 N–H and O–H groups in total. The highest BCUT2D eigenvalue weighted by atomic mass is 19.1. The van der Waals surface area contributed by atoms with E-state index in [0.29, 0.717) is 13.2 Å². The Morgan fingerprint density at radius 1 is 1.15 bits per heavy atom. The van der Waals surface area contributed by atoms with Crippen molar-refractivity contribution in [2.75, 3.05) is 6.54 Å². The van der Waals surface area contributed by atoms with Crippen molar-refractivity contribution in [3.8, 4) is 17.6 Å². The fraction of sp³-hybridized carbons (Fsp3) is 0.176. The fourth-order valence-corrected chi connectivity index (χ4v) is 1.77. The minimum atomic E-state index is -0.228. The number of halogens is 1. The molecule has 2 nitrogen and oxygen atoms in total. The summed E-state index contributed by atoms with van der Waals surface area (Å²) in [6.45, 7) is 2.63. The van der Waals surface area contributed by atoms with Crippen molar-refractivity contribution >= 4 is 0 Å². The van der Waals surface area contributed by atoms with Crippen LogP contribution in [0.3, 0.4) is 0 Å². The van der Waals surface area contributed by atoms with E-state index in [1.165, 1.54) is 12.1 Å². The van der Waals surface area contributed by atoms with Gasteiger partial charge in [0.1, 0.15) is 18.2 Å². The molecule has 0 saturated heterocycles. The summed E-state index contributed by atoms with van der Waals surface area (Å²) in [7, 11) is 0. The molecule has 0 radical (unpaired) electrons. The maximum absolute atomic E-state index is 13.0. The molecular weight excluding hydrogens is 253 g/mol. The van der Waals surface area contributed by atoms with Gasteiger partial charge in [-0.15, -0.1) is 0 Å². The summed E-state index contributed by atoms with van der Waals surface area (Å²) < 4.78 is 18.7. The lowest BCUT2D eigenvalue weighted by molar-refractivity contribution is 0.305. The van der Waals surface area contributed by atoms with E-state index in [9.17, 15) is 4.39 Å². The Kier molecular flexibility index (Phi) is 4.75. The van der Waals surface area contributed by atoms with E-state index in [2.05, 4.69) is 11.8 Å². The predicted molar refractivity (Wildman–Crippen MR) is 77.8 cm³/mol. The Labute approximate surface area is 118 Å². The molecule has 0 spiro atoms. The molecule has 2 aromatic rings. The average Bonchev–Trinajstić information content (AvgIpc) is 2.45. The molecule has 0 aromatic heterocycles. The van der Waals surface area contributed by atoms with Gasteiger partial charge in [-0.05, 0) is 54.4 Å². The molecule has 0 amide bonds. The van der Waals surface area contributed by atoms with Crippen LogP contribution in [-0.2, 0) is 6.61 Å². The smallest absolute Gasteiger partial charge is 0.123 e. The third-order valence-electron chi connectivity index (χ3n) is 2.89. The number of hydrogen-bond acceptors (Lipinski definition) is 2. The van der Waals surface area contributed by atoms with E-state index in [0.717, 1.165) is 22.4 Å². The Balaban J connectivity index is 2.00. The lowest BCUT2D eigenvalue weighted by Gasteiger charge is -2.08. The van der Waals surface area contributed by atoms with Gasteiger partial charge in [-0.1, -0.05) is 17.9 Å². The molecule has 0 atom stereocenters. The number of benzene rings is 2. The SMILES string of the molecule is Cc1cc(F)ccc1COc1ccc(C#CCN)cc1. The molecule has 2 rings (SSSR count). The molecule has 102 valence electrons. The molecular formula is C17H16FNO. The normalized spacial score (nSPS) is 9.75. The average molecular weight is 269 g/mol. The summed E-state index contributed by atoms with van der Waals surface area (Å²) >= 11 is 0. The molecule has 0 bridgehead atoms. The van der Waals surface area contributed by atoms with Crippen LogP contribution in [0.5, 0.6) is 5.75 Å². The van der Waals surface area contributed by atoms with Crippen LogP contribution in [-0.4, -0.2) is 6.54 Å². The summed E-state index contributed by atoms with van der Waals surface area (Å²) in [5.74, 6) is 6.27. The number of ether oxygens (including phenoxy) is 1. The quantitative estimate of drug-likeness (QED) is 0.869. The van der Waals surface area contributed by atoms with Crippen LogP contribution in [0, 0.1) is 24.6 Å². The van der Waals surface area contributed by atoms with Gasteiger partial charge < -0.3 is 10.5 Å². The van der Waals surface area contributed by atoms with E-state index in [-0.39, 0.29) is 5.82 Å². The largest absolute Gasteiger partial charge is 0.489 e. The maximum Gasteiger partial charge on any atom is 0.123 e. The number of nitrogens with two attached hydrogens (primary N) is 1. The zero-order chi connectivity index (χ0) is 14.4. The van der Waals surface area contributed by atoms with E-state index in [1.54, 1.807) is 6.07 Å². The molecule has 2 aromatic carbocycles. The van der Waals surface area contributed by atoms with Crippen LogP contribution in [0.1, 0.15) is 16.7 Å². The minimum Gasteiger partial charge on any atom is -0.489 e. The molecule has 0 fully saturated rings. The fourth-order valence-electron chi connectivity index (χ4n) is 1.77. The van der Waals surface area contributed by atoms with Gasteiger partial charge in [0.25, 0.3) is 0 Å². The van der Waals surface area contributed by atoms with Crippen LogP contribution in [0.4, 0.5) is 4.39 Å². The van der Waals surface area contributed by atoms with Gasteiger partial charge in [-0.25, -0.2) is 4.39 Å². The second-order valence-corrected chi connectivity index (χ2v) is 4.39. The zero-order valence-electron chi connectivity index (χ0n) is 11.3. The van der Waals surface area contributed by atoms with Crippen molar-refractivity contribution in [2.45, 2.75) is 13.5 Å². The molecule has 0 aliphatic carbocycles. The summed E-state index contributed by atoms with van der Waals surface area (Å²) in [6.07, 6.45) is 0. The van der Waals surface area contributed by atoms with Crippen LogP contribution < -0.4 is 10.5 Å². The van der Waals surface area contributed by atoms with Crippen molar-refractivity contribution in [1.82, 2.24) is 0 Å². The van der Waals surface area contributed by atoms with E-state index in [1.807, 2.05) is 31.2 Å². The summed E-state index contributed by atoms with van der Waals surface area (Å²) in [5, 5.41) is 0. The second kappa shape index (κ2) is 6.74. The van der Waals surface area contributed by atoms with Crippen molar-refractivity contribution in [2.24, 2.45) is 5.73 Å². The summed E-state index contributed by atoms with van der Waals surface area (Å²) in [6, 6.07) is 12.2. The first kappa shape index (κ1) is 14.1. The van der Waals surface area contributed by atoms with Gasteiger partial charge in [0.05, 0.1) is 6.54 Å². The van der Waals surface area contributed by atoms with Crippen molar-refractivity contribution in [3.05, 3.63) is 65.0 Å². The highest BCUT2D eigenvalue weighted by molar-refractivity contribution is 5.38. The predicted octanol–water partition coefficient (Wildman–Crippen LogP) is 3.02. The second-order valence-electron chi connectivity index (χ2n) is 4.39. The highest BCUT2D eigenvalue weighted by Gasteiger charge is 2.01. The number of aryl methyl sites for hydroxylation is 1. The van der Waals surface area contributed by atoms with Gasteiger partial charge in [0.15, 0.2) is 0 Å². The number of rotatable bonds is 3. The Bertz CT molecular complexity index is 638. The lowest BCUT2D eigenvalue weighted by Crippen LogP contribution is -1.98. The maximum atomic E-state index is 13.0. The molecule has 0 heterocycles. The zero-order valence-corrected chi connectivity index (χ0v) is 11.3. The van der Waals surface area contributed by atoms with Crippen molar-refractivity contribution in [1.29, 1.82) is 0 Å². The van der Waals surface area contributed by atoms with Gasteiger partial charge in [0.2, 0.25) is 0 Å². The molecule has 20 heavy (non-hydrogen) atoms. The standard InChI is InChI=1S/C17H16FNO/c1-13-11-16(18)7-6-15(13)12-20-17-8-4-14(5-9-17)3-2-10-19/h4-9,11H,10,12,19H2,1H3.